The van der Waals surface area contributed by atoms with E-state index in [4.69, 9.17) is 9.72 Å². The molecule has 1 fully saturated rings. The highest BCUT2D eigenvalue weighted by Crippen LogP contribution is 2.23. The minimum absolute atomic E-state index is 0.0643. The topological polar surface area (TPSA) is 67.7 Å². The molecule has 35 heavy (non-hydrogen) atoms. The fourth-order valence-electron chi connectivity index (χ4n) is 4.44. The molecule has 1 unspecified atom stereocenters. The molecule has 4 rings (SSSR count). The highest BCUT2D eigenvalue weighted by molar-refractivity contribution is 7.99. The van der Waals surface area contributed by atoms with Gasteiger partial charge in [0.1, 0.15) is 0 Å². The summed E-state index contributed by atoms with van der Waals surface area (Å²) in [6.45, 7) is 9.06. The summed E-state index contributed by atoms with van der Waals surface area (Å²) in [6.07, 6.45) is 0.719. The summed E-state index contributed by atoms with van der Waals surface area (Å²) in [5, 5.41) is 1.19. The van der Waals surface area contributed by atoms with Crippen LogP contribution in [0, 0.1) is 0 Å². The average molecular weight is 495 g/mol. The molecule has 2 heterocycles. The van der Waals surface area contributed by atoms with E-state index in [0.29, 0.717) is 54.9 Å². The third kappa shape index (κ3) is 6.31. The Morgan fingerprint density at radius 1 is 1.06 bits per heavy atom. The van der Waals surface area contributed by atoms with Crippen LogP contribution in [0.1, 0.15) is 31.9 Å². The Balaban J connectivity index is 1.39. The second kappa shape index (κ2) is 12.3. The van der Waals surface area contributed by atoms with E-state index in [-0.39, 0.29) is 17.2 Å². The van der Waals surface area contributed by atoms with E-state index >= 15 is 0 Å². The van der Waals surface area contributed by atoms with Crippen LogP contribution in [-0.4, -0.2) is 70.4 Å². The predicted molar refractivity (Wildman–Crippen MR) is 141 cm³/mol. The van der Waals surface area contributed by atoms with Gasteiger partial charge in [-0.3, -0.25) is 19.1 Å². The number of fused-ring (bicyclic) bond motifs is 1. The number of piperazine rings is 1. The third-order valence-electron chi connectivity index (χ3n) is 6.52. The zero-order valence-corrected chi connectivity index (χ0v) is 21.4. The Kier molecular flexibility index (Phi) is 8.95. The van der Waals surface area contributed by atoms with Gasteiger partial charge in [-0.15, -0.1) is 0 Å². The highest BCUT2D eigenvalue weighted by atomic mass is 32.2. The predicted octanol–water partition coefficient (Wildman–Crippen LogP) is 3.82. The molecule has 1 aliphatic rings. The average Bonchev–Trinajstić information content (AvgIpc) is 2.91. The molecule has 1 saturated heterocycles. The second-order valence-corrected chi connectivity index (χ2v) is 9.65. The first-order valence-electron chi connectivity index (χ1n) is 12.4. The van der Waals surface area contributed by atoms with E-state index in [1.54, 1.807) is 10.6 Å². The molecule has 0 saturated carbocycles. The van der Waals surface area contributed by atoms with Crippen LogP contribution in [0.25, 0.3) is 10.9 Å². The zero-order valence-electron chi connectivity index (χ0n) is 20.6. The van der Waals surface area contributed by atoms with Crippen LogP contribution < -0.4 is 5.56 Å². The van der Waals surface area contributed by atoms with Crippen LogP contribution in [-0.2, 0) is 16.1 Å². The van der Waals surface area contributed by atoms with Crippen LogP contribution in [0.3, 0.4) is 0 Å². The van der Waals surface area contributed by atoms with Gasteiger partial charge in [0.15, 0.2) is 5.16 Å². The number of amides is 1. The second-order valence-electron chi connectivity index (χ2n) is 8.71. The van der Waals surface area contributed by atoms with Gasteiger partial charge < -0.3 is 9.64 Å². The molecule has 1 amide bonds. The van der Waals surface area contributed by atoms with Crippen molar-refractivity contribution in [3.05, 3.63) is 70.5 Å². The first kappa shape index (κ1) is 25.4. The summed E-state index contributed by atoms with van der Waals surface area (Å²) in [6, 6.07) is 18.2. The third-order valence-corrected chi connectivity index (χ3v) is 7.48. The monoisotopic (exact) mass is 494 g/mol. The number of aromatic nitrogens is 2. The number of para-hydroxylation sites is 1. The van der Waals surface area contributed by atoms with Crippen molar-refractivity contribution < 1.29 is 9.53 Å². The molecule has 0 bridgehead atoms. The molecule has 3 aromatic rings. The van der Waals surface area contributed by atoms with E-state index in [1.165, 1.54) is 17.3 Å². The number of hydrogen-bond donors (Lipinski definition) is 0. The Morgan fingerprint density at radius 3 is 2.51 bits per heavy atom. The first-order valence-corrected chi connectivity index (χ1v) is 13.3. The molecule has 0 radical (unpaired) electrons. The van der Waals surface area contributed by atoms with Gasteiger partial charge in [0.2, 0.25) is 5.91 Å². The van der Waals surface area contributed by atoms with Crippen molar-refractivity contribution in [2.45, 2.75) is 38.0 Å². The summed E-state index contributed by atoms with van der Waals surface area (Å²) >= 11 is 1.35. The van der Waals surface area contributed by atoms with E-state index in [0.717, 1.165) is 19.5 Å². The quantitative estimate of drug-likeness (QED) is 0.243. The fraction of sp³-hybridized carbons (Fsp3) is 0.444. The standard InChI is InChI=1S/C27H34N4O3S/c1-3-34-19-9-14-31-26(33)23-12-7-8-13-24(23)28-27(31)35-20-25(32)30-17-15-29(16-18-30)21(2)22-10-5-4-6-11-22/h4-8,10-13,21H,3,9,14-20H2,1-2H3. The molecule has 0 spiro atoms. The summed E-state index contributed by atoms with van der Waals surface area (Å²) in [5.41, 5.74) is 1.90. The Bertz CT molecular complexity index is 1180. The number of nitrogens with zero attached hydrogens (tertiary/aromatic N) is 4. The molecule has 1 atom stereocenters. The summed E-state index contributed by atoms with van der Waals surface area (Å²) < 4.78 is 7.14. The van der Waals surface area contributed by atoms with Gasteiger partial charge in [-0.25, -0.2) is 4.98 Å². The lowest BCUT2D eigenvalue weighted by Gasteiger charge is -2.38. The van der Waals surface area contributed by atoms with Crippen molar-refractivity contribution in [1.29, 1.82) is 0 Å². The maximum atomic E-state index is 13.1. The molecule has 7 nitrogen and oxygen atoms in total. The van der Waals surface area contributed by atoms with Crippen LogP contribution in [0.4, 0.5) is 0 Å². The molecular formula is C27H34N4O3S. The van der Waals surface area contributed by atoms with Gasteiger partial charge in [-0.2, -0.15) is 0 Å². The number of ether oxygens (including phenoxy) is 1. The molecule has 1 aromatic heterocycles. The largest absolute Gasteiger partial charge is 0.382 e. The zero-order chi connectivity index (χ0) is 24.6. The lowest BCUT2D eigenvalue weighted by Crippen LogP contribution is -2.49. The SMILES string of the molecule is CCOCCCn1c(SCC(=O)N2CCN(C(C)c3ccccc3)CC2)nc2ccccc2c1=O. The van der Waals surface area contributed by atoms with Gasteiger partial charge in [-0.1, -0.05) is 54.2 Å². The van der Waals surface area contributed by atoms with E-state index in [2.05, 4.69) is 36.1 Å². The summed E-state index contributed by atoms with van der Waals surface area (Å²) in [7, 11) is 0. The van der Waals surface area contributed by atoms with Crippen molar-refractivity contribution in [3.8, 4) is 0 Å². The van der Waals surface area contributed by atoms with Crippen LogP contribution in [0.5, 0.6) is 0 Å². The van der Waals surface area contributed by atoms with Crippen molar-refractivity contribution in [1.82, 2.24) is 19.4 Å². The summed E-state index contributed by atoms with van der Waals surface area (Å²) in [5.74, 6) is 0.357. The smallest absolute Gasteiger partial charge is 0.262 e. The molecule has 2 aromatic carbocycles. The molecule has 8 heteroatoms. The lowest BCUT2D eigenvalue weighted by atomic mass is 10.1. The number of thioether (sulfide) groups is 1. The first-order chi connectivity index (χ1) is 17.1. The number of carbonyl (C=O) groups is 1. The molecule has 0 aliphatic carbocycles. The maximum Gasteiger partial charge on any atom is 0.262 e. The minimum atomic E-state index is -0.0643. The lowest BCUT2D eigenvalue weighted by molar-refractivity contribution is -0.130. The van der Waals surface area contributed by atoms with Crippen molar-refractivity contribution >= 4 is 28.6 Å². The van der Waals surface area contributed by atoms with Crippen molar-refractivity contribution in [3.63, 3.8) is 0 Å². The van der Waals surface area contributed by atoms with Crippen LogP contribution in [0.15, 0.2) is 64.5 Å². The molecule has 1 aliphatic heterocycles. The maximum absolute atomic E-state index is 13.1. The normalized spacial score (nSPS) is 15.4. The summed E-state index contributed by atoms with van der Waals surface area (Å²) in [4.78, 5) is 35.3. The highest BCUT2D eigenvalue weighted by Gasteiger charge is 2.25. The van der Waals surface area contributed by atoms with E-state index < -0.39 is 0 Å². The molecule has 0 N–H and O–H groups in total. The Hall–Kier alpha value is -2.68. The molecular weight excluding hydrogens is 460 g/mol. The van der Waals surface area contributed by atoms with E-state index in [9.17, 15) is 9.59 Å². The van der Waals surface area contributed by atoms with E-state index in [1.807, 2.05) is 36.1 Å². The van der Waals surface area contributed by atoms with Gasteiger partial charge >= 0.3 is 0 Å². The number of rotatable bonds is 10. The Labute approximate surface area is 211 Å². The van der Waals surface area contributed by atoms with Gasteiger partial charge in [0.05, 0.1) is 16.7 Å². The van der Waals surface area contributed by atoms with Crippen molar-refractivity contribution in [2.24, 2.45) is 0 Å². The van der Waals surface area contributed by atoms with Crippen LogP contribution in [0.2, 0.25) is 0 Å². The van der Waals surface area contributed by atoms with Gasteiger partial charge in [-0.05, 0) is 38.0 Å². The number of benzene rings is 2. The van der Waals surface area contributed by atoms with Crippen molar-refractivity contribution in [2.75, 3.05) is 45.1 Å². The Morgan fingerprint density at radius 2 is 1.77 bits per heavy atom. The van der Waals surface area contributed by atoms with Gasteiger partial charge in [0, 0.05) is 52.0 Å². The fourth-order valence-corrected chi connectivity index (χ4v) is 5.37. The molecule has 186 valence electrons. The minimum Gasteiger partial charge on any atom is -0.382 e. The number of carbonyl (C=O) groups excluding carboxylic acids is 1. The van der Waals surface area contributed by atoms with Gasteiger partial charge in [0.25, 0.3) is 5.56 Å². The van der Waals surface area contributed by atoms with Crippen LogP contribution >= 0.6 is 11.8 Å². The number of hydrogen-bond acceptors (Lipinski definition) is 6.